The average Bonchev–Trinajstić information content (AvgIpc) is 1.95. The van der Waals surface area contributed by atoms with E-state index in [1.807, 2.05) is 12.1 Å². The molecule has 0 aromatic heterocycles. The number of sulfone groups is 1. The molecule has 1 N–H and O–H groups in total. The van der Waals surface area contributed by atoms with Gasteiger partial charge in [-0.05, 0) is 14.0 Å². The van der Waals surface area contributed by atoms with Crippen LogP contribution in [0.25, 0.3) is 0 Å². The van der Waals surface area contributed by atoms with Crippen molar-refractivity contribution >= 4 is 9.84 Å². The molecule has 11 heavy (non-hydrogen) atoms. The molecule has 1 saturated heterocycles. The minimum absolute atomic E-state index is 0.233. The summed E-state index contributed by atoms with van der Waals surface area (Å²) < 4.78 is 22.4. The molecule has 0 aliphatic carbocycles. The van der Waals surface area contributed by atoms with Crippen LogP contribution in [0.2, 0.25) is 0 Å². The third-order valence-electron chi connectivity index (χ3n) is 2.05. The van der Waals surface area contributed by atoms with Crippen molar-refractivity contribution in [3.63, 3.8) is 0 Å². The van der Waals surface area contributed by atoms with Gasteiger partial charge in [-0.25, -0.2) is 13.4 Å². The molecule has 0 aromatic rings. The molecule has 0 bridgehead atoms. The zero-order valence-corrected chi connectivity index (χ0v) is 7.69. The second-order valence-corrected chi connectivity index (χ2v) is 5.39. The Morgan fingerprint density at radius 2 is 2.18 bits per heavy atom. The monoisotopic (exact) mass is 178 g/mol. The number of hydrogen-bond acceptors (Lipinski definition) is 4. The summed E-state index contributed by atoms with van der Waals surface area (Å²) in [6.45, 7) is 2.95. The van der Waals surface area contributed by atoms with Gasteiger partial charge >= 0.3 is 0 Å². The summed E-state index contributed by atoms with van der Waals surface area (Å²) in [4.78, 5) is 0. The van der Waals surface area contributed by atoms with Crippen LogP contribution in [0.3, 0.4) is 0 Å². The topological polar surface area (TPSA) is 49.4 Å². The number of rotatable bonds is 1. The zero-order valence-electron chi connectivity index (χ0n) is 6.87. The van der Waals surface area contributed by atoms with Crippen LogP contribution >= 0.6 is 0 Å². The van der Waals surface area contributed by atoms with Gasteiger partial charge in [-0.1, -0.05) is 0 Å². The summed E-state index contributed by atoms with van der Waals surface area (Å²) in [5.41, 5.74) is 2.94. The highest BCUT2D eigenvalue weighted by Gasteiger charge is 2.28. The minimum atomic E-state index is -2.79. The Bertz CT molecular complexity index is 225. The fourth-order valence-corrected chi connectivity index (χ4v) is 2.44. The molecule has 0 aromatic carbocycles. The Morgan fingerprint density at radius 1 is 1.55 bits per heavy atom. The molecule has 1 heterocycles. The van der Waals surface area contributed by atoms with Crippen LogP contribution in [-0.4, -0.2) is 44.6 Å². The standard InChI is InChI=1S/C6H14N2O2S/c1-6-5-8(7-2)3-4-11(6,9)10/h6-7H,3-5H2,1-2H3. The fourth-order valence-electron chi connectivity index (χ4n) is 1.16. The molecule has 4 nitrogen and oxygen atoms in total. The fraction of sp³-hybridized carbons (Fsp3) is 1.00. The van der Waals surface area contributed by atoms with Crippen molar-refractivity contribution in [2.45, 2.75) is 12.2 Å². The summed E-state index contributed by atoms with van der Waals surface area (Å²) >= 11 is 0. The second kappa shape index (κ2) is 3.08. The van der Waals surface area contributed by atoms with Gasteiger partial charge in [-0.15, -0.1) is 0 Å². The van der Waals surface area contributed by atoms with E-state index in [0.717, 1.165) is 0 Å². The maximum atomic E-state index is 11.2. The number of hydrogen-bond donors (Lipinski definition) is 1. The van der Waals surface area contributed by atoms with E-state index in [1.54, 1.807) is 6.92 Å². The molecule has 5 heteroatoms. The maximum absolute atomic E-state index is 11.2. The van der Waals surface area contributed by atoms with Crippen molar-refractivity contribution in [3.05, 3.63) is 0 Å². The molecule has 0 spiro atoms. The van der Waals surface area contributed by atoms with Crippen LogP contribution in [0.15, 0.2) is 0 Å². The van der Waals surface area contributed by atoms with Crippen LogP contribution in [0.5, 0.6) is 0 Å². The predicted octanol–water partition coefficient (Wildman–Crippen LogP) is -0.760. The summed E-state index contributed by atoms with van der Waals surface area (Å²) in [5, 5.41) is 1.69. The Morgan fingerprint density at radius 3 is 2.64 bits per heavy atom. The van der Waals surface area contributed by atoms with Gasteiger partial charge in [0.1, 0.15) is 0 Å². The van der Waals surface area contributed by atoms with E-state index >= 15 is 0 Å². The summed E-state index contributed by atoms with van der Waals surface area (Å²) in [6, 6.07) is 0. The average molecular weight is 178 g/mol. The van der Waals surface area contributed by atoms with E-state index in [1.165, 1.54) is 0 Å². The van der Waals surface area contributed by atoms with Crippen molar-refractivity contribution in [1.82, 2.24) is 10.4 Å². The summed E-state index contributed by atoms with van der Waals surface area (Å²) in [6.07, 6.45) is 0. The highest BCUT2D eigenvalue weighted by Crippen LogP contribution is 2.09. The van der Waals surface area contributed by atoms with Gasteiger partial charge in [0, 0.05) is 13.1 Å². The smallest absolute Gasteiger partial charge is 0.155 e. The number of nitrogens with one attached hydrogen (secondary N) is 1. The van der Waals surface area contributed by atoms with Crippen molar-refractivity contribution in [1.29, 1.82) is 0 Å². The quantitative estimate of drug-likeness (QED) is 0.573. The van der Waals surface area contributed by atoms with Crippen LogP contribution < -0.4 is 5.43 Å². The van der Waals surface area contributed by atoms with Crippen LogP contribution in [-0.2, 0) is 9.84 Å². The largest absolute Gasteiger partial charge is 0.258 e. The molecule has 0 saturated carbocycles. The first-order valence-corrected chi connectivity index (χ1v) is 5.41. The molecule has 1 aliphatic heterocycles. The van der Waals surface area contributed by atoms with Crippen molar-refractivity contribution in [3.8, 4) is 0 Å². The normalized spacial score (nSPS) is 32.0. The Kier molecular flexibility index (Phi) is 2.51. The van der Waals surface area contributed by atoms with Crippen molar-refractivity contribution in [2.24, 2.45) is 0 Å². The molecule has 1 atom stereocenters. The van der Waals surface area contributed by atoms with Crippen LogP contribution in [0, 0.1) is 0 Å². The highest BCUT2D eigenvalue weighted by atomic mass is 32.2. The number of nitrogens with zero attached hydrogens (tertiary/aromatic N) is 1. The molecule has 0 amide bonds. The second-order valence-electron chi connectivity index (χ2n) is 2.85. The molecule has 1 aliphatic rings. The third kappa shape index (κ3) is 1.91. The van der Waals surface area contributed by atoms with Gasteiger partial charge in [0.15, 0.2) is 9.84 Å². The van der Waals surface area contributed by atoms with Crippen LogP contribution in [0.4, 0.5) is 0 Å². The van der Waals surface area contributed by atoms with Gasteiger partial charge in [-0.3, -0.25) is 5.43 Å². The van der Waals surface area contributed by atoms with E-state index in [4.69, 9.17) is 0 Å². The van der Waals surface area contributed by atoms with Crippen LogP contribution in [0.1, 0.15) is 6.92 Å². The molecular formula is C6H14N2O2S. The van der Waals surface area contributed by atoms with Gasteiger partial charge in [-0.2, -0.15) is 0 Å². The minimum Gasteiger partial charge on any atom is -0.258 e. The summed E-state index contributed by atoms with van der Waals surface area (Å²) in [5.74, 6) is 0.273. The first-order chi connectivity index (χ1) is 5.06. The van der Waals surface area contributed by atoms with E-state index < -0.39 is 9.84 Å². The lowest BCUT2D eigenvalue weighted by atomic mass is 10.4. The van der Waals surface area contributed by atoms with Gasteiger partial charge in [0.2, 0.25) is 0 Å². The van der Waals surface area contributed by atoms with E-state index in [2.05, 4.69) is 5.43 Å². The first kappa shape index (κ1) is 8.96. The summed E-state index contributed by atoms with van der Waals surface area (Å²) in [7, 11) is -0.976. The lowest BCUT2D eigenvalue weighted by Crippen LogP contribution is -2.50. The molecular weight excluding hydrogens is 164 g/mol. The van der Waals surface area contributed by atoms with E-state index in [-0.39, 0.29) is 11.0 Å². The van der Waals surface area contributed by atoms with E-state index in [9.17, 15) is 8.42 Å². The Hall–Kier alpha value is -0.130. The maximum Gasteiger partial charge on any atom is 0.155 e. The first-order valence-electron chi connectivity index (χ1n) is 3.70. The van der Waals surface area contributed by atoms with E-state index in [0.29, 0.717) is 13.1 Å². The molecule has 66 valence electrons. The van der Waals surface area contributed by atoms with Crippen molar-refractivity contribution < 1.29 is 8.42 Å². The SMILES string of the molecule is CNN1CCS(=O)(=O)C(C)C1. The van der Waals surface area contributed by atoms with Gasteiger partial charge < -0.3 is 0 Å². The van der Waals surface area contributed by atoms with Gasteiger partial charge in [0.25, 0.3) is 0 Å². The third-order valence-corrected chi connectivity index (χ3v) is 4.18. The Labute approximate surface area is 67.5 Å². The molecule has 1 unspecified atom stereocenters. The lowest BCUT2D eigenvalue weighted by molar-refractivity contribution is 0.212. The lowest BCUT2D eigenvalue weighted by Gasteiger charge is -2.29. The highest BCUT2D eigenvalue weighted by molar-refractivity contribution is 7.92. The molecule has 1 rings (SSSR count). The number of hydrazine groups is 1. The Balaban J connectivity index is 2.62. The van der Waals surface area contributed by atoms with Gasteiger partial charge in [0.05, 0.1) is 11.0 Å². The zero-order chi connectivity index (χ0) is 8.48. The molecule has 1 fully saturated rings. The molecule has 0 radical (unpaired) electrons. The predicted molar refractivity (Wildman–Crippen MR) is 43.9 cm³/mol. The van der Waals surface area contributed by atoms with Crippen molar-refractivity contribution in [2.75, 3.05) is 25.9 Å².